The first-order valence-electron chi connectivity index (χ1n) is 9.38. The van der Waals surface area contributed by atoms with Crippen molar-refractivity contribution in [3.05, 3.63) is 52.5 Å². The maximum absolute atomic E-state index is 12.8. The van der Waals surface area contributed by atoms with Gasteiger partial charge in [0.05, 0.1) is 21.2 Å². The Hall–Kier alpha value is -2.30. The Labute approximate surface area is 183 Å². The molecule has 1 saturated heterocycles. The van der Waals surface area contributed by atoms with Gasteiger partial charge in [-0.2, -0.15) is 17.5 Å². The second-order valence-electron chi connectivity index (χ2n) is 7.11. The van der Waals surface area contributed by atoms with E-state index in [0.29, 0.717) is 18.7 Å². The zero-order valence-corrected chi connectivity index (χ0v) is 18.1. The summed E-state index contributed by atoms with van der Waals surface area (Å²) in [5, 5.41) is 2.46. The molecule has 6 nitrogen and oxygen atoms in total. The number of alkyl halides is 3. The minimum Gasteiger partial charge on any atom is -0.482 e. The third-order valence-electron chi connectivity index (χ3n) is 4.66. The van der Waals surface area contributed by atoms with Gasteiger partial charge in [0.25, 0.3) is 5.91 Å². The van der Waals surface area contributed by atoms with Crippen molar-refractivity contribution in [2.75, 3.05) is 25.0 Å². The number of halogens is 4. The van der Waals surface area contributed by atoms with Crippen LogP contribution in [-0.4, -0.2) is 44.5 Å². The molecule has 0 spiro atoms. The first-order valence-corrected chi connectivity index (χ1v) is 11.2. The summed E-state index contributed by atoms with van der Waals surface area (Å²) in [5.41, 5.74) is 0.514. The molecule has 0 bridgehead atoms. The molecule has 0 saturated carbocycles. The number of carbonyl (C=O) groups is 1. The van der Waals surface area contributed by atoms with Crippen LogP contribution < -0.4 is 10.1 Å². The minimum absolute atomic E-state index is 0.00254. The fraction of sp³-hybridized carbons (Fsp3) is 0.350. The van der Waals surface area contributed by atoms with E-state index < -0.39 is 28.7 Å². The van der Waals surface area contributed by atoms with Crippen LogP contribution in [0.3, 0.4) is 0 Å². The highest BCUT2D eigenvalue weighted by Crippen LogP contribution is 2.30. The van der Waals surface area contributed by atoms with Crippen molar-refractivity contribution < 1.29 is 31.1 Å². The fourth-order valence-corrected chi connectivity index (χ4v) is 4.87. The maximum atomic E-state index is 12.8. The zero-order valence-electron chi connectivity index (χ0n) is 16.5. The summed E-state index contributed by atoms with van der Waals surface area (Å²) >= 11 is 6.10. The van der Waals surface area contributed by atoms with Gasteiger partial charge in [-0.15, -0.1) is 0 Å². The SMILES string of the molecule is Cc1ccc(NC(=O)c2cc(S(=O)(=O)N3CCCC3)ccc2Cl)c(OCC(F)(F)F)c1. The number of aryl methyl sites for hydroxylation is 1. The molecule has 0 aromatic heterocycles. The lowest BCUT2D eigenvalue weighted by Gasteiger charge is -2.17. The molecule has 31 heavy (non-hydrogen) atoms. The smallest absolute Gasteiger partial charge is 0.422 e. The normalized spacial score (nSPS) is 15.1. The Morgan fingerprint density at radius 3 is 2.48 bits per heavy atom. The van der Waals surface area contributed by atoms with Gasteiger partial charge in [0.15, 0.2) is 6.61 Å². The van der Waals surface area contributed by atoms with Crippen LogP contribution in [0.15, 0.2) is 41.3 Å². The quantitative estimate of drug-likeness (QED) is 0.659. The number of nitrogens with one attached hydrogen (secondary N) is 1. The molecule has 2 aromatic rings. The van der Waals surface area contributed by atoms with Gasteiger partial charge in [-0.25, -0.2) is 8.42 Å². The summed E-state index contributed by atoms with van der Waals surface area (Å²) in [7, 11) is -3.78. The van der Waals surface area contributed by atoms with E-state index in [4.69, 9.17) is 16.3 Å². The Morgan fingerprint density at radius 1 is 1.16 bits per heavy atom. The zero-order chi connectivity index (χ0) is 22.8. The third kappa shape index (κ3) is 5.69. The number of ether oxygens (including phenoxy) is 1. The van der Waals surface area contributed by atoms with E-state index in [9.17, 15) is 26.4 Å². The molecule has 3 rings (SSSR count). The highest BCUT2D eigenvalue weighted by Gasteiger charge is 2.30. The standard InChI is InChI=1S/C20H20ClF3N2O4S/c1-13-4-7-17(18(10-13)30-12-20(22,23)24)25-19(27)15-11-14(5-6-16(15)21)31(28,29)26-8-2-3-9-26/h4-7,10-11H,2-3,8-9,12H2,1H3,(H,25,27). The largest absolute Gasteiger partial charge is 0.482 e. The van der Waals surface area contributed by atoms with Crippen LogP contribution >= 0.6 is 11.6 Å². The van der Waals surface area contributed by atoms with Crippen molar-refractivity contribution in [2.24, 2.45) is 0 Å². The van der Waals surface area contributed by atoms with Crippen molar-refractivity contribution in [1.82, 2.24) is 4.31 Å². The van der Waals surface area contributed by atoms with E-state index >= 15 is 0 Å². The number of benzene rings is 2. The summed E-state index contributed by atoms with van der Waals surface area (Å²) in [4.78, 5) is 12.7. The molecule has 1 amide bonds. The molecule has 1 aliphatic rings. The fourth-order valence-electron chi connectivity index (χ4n) is 3.12. The van der Waals surface area contributed by atoms with Gasteiger partial charge in [-0.1, -0.05) is 17.7 Å². The Morgan fingerprint density at radius 2 is 1.84 bits per heavy atom. The Balaban J connectivity index is 1.87. The molecule has 0 atom stereocenters. The molecular formula is C20H20ClF3N2O4S. The average molecular weight is 477 g/mol. The number of sulfonamides is 1. The summed E-state index contributed by atoms with van der Waals surface area (Å²) in [6.07, 6.45) is -3.03. The van der Waals surface area contributed by atoms with Crippen molar-refractivity contribution in [1.29, 1.82) is 0 Å². The van der Waals surface area contributed by atoms with E-state index in [1.165, 1.54) is 28.6 Å². The summed E-state index contributed by atoms with van der Waals surface area (Å²) in [5.74, 6) is -0.938. The Bertz CT molecular complexity index is 1080. The first kappa shape index (κ1) is 23.4. The van der Waals surface area contributed by atoms with Crippen LogP contribution in [0, 0.1) is 6.92 Å². The third-order valence-corrected chi connectivity index (χ3v) is 6.89. The van der Waals surface area contributed by atoms with Gasteiger partial charge in [0.1, 0.15) is 5.75 Å². The van der Waals surface area contributed by atoms with Crippen LogP contribution in [0.25, 0.3) is 0 Å². The molecular weight excluding hydrogens is 457 g/mol. The molecule has 168 valence electrons. The molecule has 0 radical (unpaired) electrons. The van der Waals surface area contributed by atoms with Crippen molar-refractivity contribution in [3.8, 4) is 5.75 Å². The minimum atomic E-state index is -4.55. The number of rotatable bonds is 6. The van der Waals surface area contributed by atoms with E-state index in [2.05, 4.69) is 5.32 Å². The molecule has 0 aliphatic carbocycles. The molecule has 1 heterocycles. The van der Waals surface area contributed by atoms with Crippen LogP contribution in [0.1, 0.15) is 28.8 Å². The van der Waals surface area contributed by atoms with Gasteiger partial charge in [-0.05, 0) is 55.7 Å². The average Bonchev–Trinajstić information content (AvgIpc) is 3.23. The van der Waals surface area contributed by atoms with Crippen LogP contribution in [0.5, 0.6) is 5.75 Å². The molecule has 0 unspecified atom stereocenters. The number of nitrogens with zero attached hydrogens (tertiary/aromatic N) is 1. The molecule has 1 aliphatic heterocycles. The second-order valence-corrected chi connectivity index (χ2v) is 9.46. The van der Waals surface area contributed by atoms with Gasteiger partial charge < -0.3 is 10.1 Å². The van der Waals surface area contributed by atoms with E-state index in [0.717, 1.165) is 18.9 Å². The molecule has 2 aromatic carbocycles. The highest BCUT2D eigenvalue weighted by molar-refractivity contribution is 7.89. The highest BCUT2D eigenvalue weighted by atomic mass is 35.5. The lowest BCUT2D eigenvalue weighted by Crippen LogP contribution is -2.28. The van der Waals surface area contributed by atoms with Crippen molar-refractivity contribution in [2.45, 2.75) is 30.8 Å². The Kier molecular flexibility index (Phi) is 6.82. The second kappa shape index (κ2) is 9.05. The van der Waals surface area contributed by atoms with Crippen LogP contribution in [-0.2, 0) is 10.0 Å². The molecule has 1 fully saturated rings. The number of amides is 1. The van der Waals surface area contributed by atoms with Gasteiger partial charge in [0, 0.05) is 13.1 Å². The summed E-state index contributed by atoms with van der Waals surface area (Å²) < 4.78 is 69.3. The van der Waals surface area contributed by atoms with E-state index in [1.54, 1.807) is 13.0 Å². The van der Waals surface area contributed by atoms with Gasteiger partial charge in [-0.3, -0.25) is 4.79 Å². The topological polar surface area (TPSA) is 75.7 Å². The van der Waals surface area contributed by atoms with Crippen molar-refractivity contribution >= 4 is 33.2 Å². The number of hydrogen-bond acceptors (Lipinski definition) is 4. The van der Waals surface area contributed by atoms with Gasteiger partial charge in [0.2, 0.25) is 10.0 Å². The predicted octanol–water partition coefficient (Wildman–Crippen LogP) is 4.63. The van der Waals surface area contributed by atoms with Crippen LogP contribution in [0.2, 0.25) is 5.02 Å². The maximum Gasteiger partial charge on any atom is 0.422 e. The van der Waals surface area contributed by atoms with Crippen molar-refractivity contribution in [3.63, 3.8) is 0 Å². The number of carbonyl (C=O) groups excluding carboxylic acids is 1. The monoisotopic (exact) mass is 476 g/mol. The van der Waals surface area contributed by atoms with E-state index in [1.807, 2.05) is 0 Å². The lowest BCUT2D eigenvalue weighted by molar-refractivity contribution is -0.153. The lowest BCUT2D eigenvalue weighted by atomic mass is 10.1. The van der Waals surface area contributed by atoms with Gasteiger partial charge >= 0.3 is 6.18 Å². The first-order chi connectivity index (χ1) is 14.5. The number of hydrogen-bond donors (Lipinski definition) is 1. The molecule has 11 heteroatoms. The number of anilines is 1. The van der Waals surface area contributed by atoms with Crippen LogP contribution in [0.4, 0.5) is 18.9 Å². The predicted molar refractivity (Wildman–Crippen MR) is 110 cm³/mol. The summed E-state index contributed by atoms with van der Waals surface area (Å²) in [6.45, 7) is 0.935. The summed E-state index contributed by atoms with van der Waals surface area (Å²) in [6, 6.07) is 8.13. The van der Waals surface area contributed by atoms with E-state index in [-0.39, 0.29) is 26.9 Å². The molecule has 1 N–H and O–H groups in total.